The zero-order valence-electron chi connectivity index (χ0n) is 13.3. The van der Waals surface area contributed by atoms with Gasteiger partial charge in [0.15, 0.2) is 0 Å². The molecule has 0 saturated heterocycles. The van der Waals surface area contributed by atoms with Crippen molar-refractivity contribution in [2.45, 2.75) is 0 Å². The van der Waals surface area contributed by atoms with Crippen molar-refractivity contribution < 1.29 is 5.11 Å². The van der Waals surface area contributed by atoms with Crippen LogP contribution in [-0.4, -0.2) is 15.1 Å². The van der Waals surface area contributed by atoms with Gasteiger partial charge >= 0.3 is 0 Å². The van der Waals surface area contributed by atoms with Gasteiger partial charge in [-0.05, 0) is 29.7 Å². The molecule has 3 nitrogen and oxygen atoms in total. The van der Waals surface area contributed by atoms with Crippen molar-refractivity contribution in [1.82, 2.24) is 9.97 Å². The molecule has 0 aliphatic carbocycles. The van der Waals surface area contributed by atoms with E-state index in [-0.39, 0.29) is 5.75 Å². The second-order valence-corrected chi connectivity index (χ2v) is 6.09. The molecule has 0 amide bonds. The Balaban J connectivity index is 1.93. The molecule has 0 aliphatic heterocycles. The smallest absolute Gasteiger partial charge is 0.124 e. The lowest BCUT2D eigenvalue weighted by atomic mass is 10.0. The zero-order chi connectivity index (χ0) is 16.8. The number of benzene rings is 3. The van der Waals surface area contributed by atoms with Gasteiger partial charge in [-0.2, -0.15) is 0 Å². The highest BCUT2D eigenvalue weighted by Crippen LogP contribution is 2.33. The van der Waals surface area contributed by atoms with Gasteiger partial charge in [0.05, 0.1) is 16.7 Å². The number of nitrogens with zero attached hydrogens (tertiary/aromatic N) is 2. The van der Waals surface area contributed by atoms with Gasteiger partial charge in [0, 0.05) is 27.9 Å². The predicted octanol–water partition coefficient (Wildman–Crippen LogP) is 5.31. The predicted molar refractivity (Wildman–Crippen MR) is 102 cm³/mol. The standard InChI is InChI=1S/C22H14N2O/c25-19-6-2-1-5-17(19)18-12-11-16-10-8-14-7-9-15-4-3-13-23-21(15)20(14)22(16)24-18/h1-13,25H. The van der Waals surface area contributed by atoms with Crippen LogP contribution in [0.1, 0.15) is 0 Å². The zero-order valence-corrected chi connectivity index (χ0v) is 13.3. The van der Waals surface area contributed by atoms with Crippen LogP contribution in [0.25, 0.3) is 43.8 Å². The second-order valence-electron chi connectivity index (χ2n) is 6.09. The van der Waals surface area contributed by atoms with Crippen molar-refractivity contribution in [1.29, 1.82) is 0 Å². The van der Waals surface area contributed by atoms with Crippen molar-refractivity contribution in [3.63, 3.8) is 0 Å². The third kappa shape index (κ3) is 2.13. The molecule has 0 unspecified atom stereocenters. The summed E-state index contributed by atoms with van der Waals surface area (Å²) in [6.45, 7) is 0. The first kappa shape index (κ1) is 13.9. The lowest BCUT2D eigenvalue weighted by Crippen LogP contribution is -1.89. The summed E-state index contributed by atoms with van der Waals surface area (Å²) in [6, 6.07) is 23.7. The quantitative estimate of drug-likeness (QED) is 0.425. The molecule has 25 heavy (non-hydrogen) atoms. The van der Waals surface area contributed by atoms with Crippen molar-refractivity contribution in [3.05, 3.63) is 79.0 Å². The Hall–Kier alpha value is -3.46. The third-order valence-corrected chi connectivity index (χ3v) is 4.59. The largest absolute Gasteiger partial charge is 0.507 e. The molecule has 0 fully saturated rings. The molecule has 0 saturated carbocycles. The summed E-state index contributed by atoms with van der Waals surface area (Å²) in [5, 5.41) is 14.5. The van der Waals surface area contributed by atoms with E-state index in [2.05, 4.69) is 35.3 Å². The van der Waals surface area contributed by atoms with Crippen molar-refractivity contribution in [2.75, 3.05) is 0 Å². The van der Waals surface area contributed by atoms with E-state index in [0.717, 1.165) is 43.8 Å². The lowest BCUT2D eigenvalue weighted by Gasteiger charge is -2.09. The Morgan fingerprint density at radius 2 is 1.36 bits per heavy atom. The number of fused-ring (bicyclic) bond motifs is 5. The number of para-hydroxylation sites is 1. The molecule has 0 atom stereocenters. The number of phenolic OH excluding ortho intramolecular Hbond substituents is 1. The molecule has 1 N–H and O–H groups in total. The summed E-state index contributed by atoms with van der Waals surface area (Å²) in [7, 11) is 0. The van der Waals surface area contributed by atoms with E-state index in [0.29, 0.717) is 0 Å². The first-order chi connectivity index (χ1) is 12.3. The maximum atomic E-state index is 10.2. The summed E-state index contributed by atoms with van der Waals surface area (Å²) in [4.78, 5) is 9.47. The Labute approximate surface area is 144 Å². The summed E-state index contributed by atoms with van der Waals surface area (Å²) >= 11 is 0. The molecule has 2 heterocycles. The second kappa shape index (κ2) is 5.28. The van der Waals surface area contributed by atoms with Crippen molar-refractivity contribution in [3.8, 4) is 17.0 Å². The number of phenols is 1. The molecule has 0 aliphatic rings. The minimum atomic E-state index is 0.234. The lowest BCUT2D eigenvalue weighted by molar-refractivity contribution is 0.477. The van der Waals surface area contributed by atoms with Crippen LogP contribution in [-0.2, 0) is 0 Å². The molecule has 0 bridgehead atoms. The van der Waals surface area contributed by atoms with Gasteiger partial charge in [-0.3, -0.25) is 4.98 Å². The topological polar surface area (TPSA) is 46.0 Å². The van der Waals surface area contributed by atoms with Crippen LogP contribution in [0, 0.1) is 0 Å². The molecule has 3 heteroatoms. The molecule has 5 rings (SSSR count). The first-order valence-corrected chi connectivity index (χ1v) is 8.17. The Bertz CT molecular complexity index is 1260. The van der Waals surface area contributed by atoms with Gasteiger partial charge in [0.2, 0.25) is 0 Å². The SMILES string of the molecule is Oc1ccccc1-c1ccc2ccc3ccc4cccnc4c3c2n1. The van der Waals surface area contributed by atoms with Crippen LogP contribution in [0.5, 0.6) is 5.75 Å². The summed E-state index contributed by atoms with van der Waals surface area (Å²) in [5.74, 6) is 0.234. The molecule has 5 aromatic rings. The Kier molecular flexibility index (Phi) is 2.94. The minimum absolute atomic E-state index is 0.234. The van der Waals surface area contributed by atoms with Crippen LogP contribution < -0.4 is 0 Å². The van der Waals surface area contributed by atoms with Gasteiger partial charge in [0.1, 0.15) is 5.75 Å². The molecule has 118 valence electrons. The number of aromatic hydroxyl groups is 1. The van der Waals surface area contributed by atoms with E-state index in [4.69, 9.17) is 4.98 Å². The van der Waals surface area contributed by atoms with E-state index < -0.39 is 0 Å². The van der Waals surface area contributed by atoms with Crippen LogP contribution >= 0.6 is 0 Å². The molecule has 3 aromatic carbocycles. The van der Waals surface area contributed by atoms with Crippen LogP contribution in [0.2, 0.25) is 0 Å². The monoisotopic (exact) mass is 322 g/mol. The van der Waals surface area contributed by atoms with E-state index >= 15 is 0 Å². The number of hydrogen-bond acceptors (Lipinski definition) is 3. The summed E-state index contributed by atoms with van der Waals surface area (Å²) < 4.78 is 0. The molecule has 0 spiro atoms. The highest BCUT2D eigenvalue weighted by molar-refractivity contribution is 6.17. The van der Waals surface area contributed by atoms with Crippen LogP contribution in [0.15, 0.2) is 79.0 Å². The van der Waals surface area contributed by atoms with Gasteiger partial charge in [-0.1, -0.05) is 48.5 Å². The third-order valence-electron chi connectivity index (χ3n) is 4.59. The minimum Gasteiger partial charge on any atom is -0.507 e. The highest BCUT2D eigenvalue weighted by Gasteiger charge is 2.10. The Morgan fingerprint density at radius 1 is 0.640 bits per heavy atom. The highest BCUT2D eigenvalue weighted by atomic mass is 16.3. The number of rotatable bonds is 1. The summed E-state index contributed by atoms with van der Waals surface area (Å²) in [6.07, 6.45) is 1.81. The summed E-state index contributed by atoms with van der Waals surface area (Å²) in [5.41, 5.74) is 3.34. The van der Waals surface area contributed by atoms with Gasteiger partial charge in [0.25, 0.3) is 0 Å². The van der Waals surface area contributed by atoms with Gasteiger partial charge in [-0.25, -0.2) is 4.98 Å². The van der Waals surface area contributed by atoms with Crippen LogP contribution in [0.3, 0.4) is 0 Å². The maximum Gasteiger partial charge on any atom is 0.124 e. The van der Waals surface area contributed by atoms with Gasteiger partial charge in [-0.15, -0.1) is 0 Å². The number of aromatic nitrogens is 2. The average Bonchev–Trinajstić information content (AvgIpc) is 2.67. The molecular weight excluding hydrogens is 308 g/mol. The van der Waals surface area contributed by atoms with Crippen molar-refractivity contribution in [2.24, 2.45) is 0 Å². The fraction of sp³-hybridized carbons (Fsp3) is 0. The number of pyridine rings is 2. The van der Waals surface area contributed by atoms with E-state index in [1.807, 2.05) is 42.6 Å². The van der Waals surface area contributed by atoms with E-state index in [1.165, 1.54) is 0 Å². The Morgan fingerprint density at radius 3 is 2.20 bits per heavy atom. The maximum absolute atomic E-state index is 10.2. The average molecular weight is 322 g/mol. The normalized spacial score (nSPS) is 11.4. The van der Waals surface area contributed by atoms with Crippen LogP contribution in [0.4, 0.5) is 0 Å². The number of hydrogen-bond donors (Lipinski definition) is 1. The van der Waals surface area contributed by atoms with Crippen molar-refractivity contribution >= 4 is 32.6 Å². The fourth-order valence-corrected chi connectivity index (χ4v) is 3.37. The first-order valence-electron chi connectivity index (χ1n) is 8.17. The molecule has 0 radical (unpaired) electrons. The van der Waals surface area contributed by atoms with E-state index in [9.17, 15) is 5.11 Å². The molecule has 2 aromatic heterocycles. The van der Waals surface area contributed by atoms with Gasteiger partial charge < -0.3 is 5.11 Å². The van der Waals surface area contributed by atoms with E-state index in [1.54, 1.807) is 6.07 Å². The molecular formula is C22H14N2O. The fourth-order valence-electron chi connectivity index (χ4n) is 3.37.